The van der Waals surface area contributed by atoms with Gasteiger partial charge in [-0.15, -0.1) is 0 Å². The van der Waals surface area contributed by atoms with Crippen molar-refractivity contribution in [1.82, 2.24) is 0 Å². The normalized spacial score (nSPS) is 11.2. The maximum absolute atomic E-state index is 3.66. The lowest BCUT2D eigenvalue weighted by atomic mass is 9.87. The monoisotopic (exact) mass is 817 g/mol. The van der Waals surface area contributed by atoms with Crippen molar-refractivity contribution in [3.63, 3.8) is 0 Å². The molecule has 7 rings (SSSR count). The van der Waals surface area contributed by atoms with Gasteiger partial charge >= 0.3 is 0 Å². The predicted molar refractivity (Wildman–Crippen MR) is 271 cm³/mol. The molecule has 0 amide bonds. The van der Waals surface area contributed by atoms with Crippen LogP contribution in [0.15, 0.2) is 158 Å². The summed E-state index contributed by atoms with van der Waals surface area (Å²) in [5.41, 5.74) is 20.5. The van der Waals surface area contributed by atoms with Crippen LogP contribution in [0.3, 0.4) is 0 Å². The van der Waals surface area contributed by atoms with E-state index in [1.165, 1.54) is 131 Å². The lowest BCUT2D eigenvalue weighted by Gasteiger charge is -2.19. The highest BCUT2D eigenvalue weighted by Gasteiger charge is 2.15. The van der Waals surface area contributed by atoms with Crippen molar-refractivity contribution in [3.8, 4) is 44.5 Å². The van der Waals surface area contributed by atoms with E-state index in [0.717, 1.165) is 48.4 Å². The lowest BCUT2D eigenvalue weighted by Crippen LogP contribution is -1.99. The van der Waals surface area contributed by atoms with Gasteiger partial charge in [0.15, 0.2) is 0 Å². The number of anilines is 4. The smallest absolute Gasteiger partial charge is 0.0384 e. The summed E-state index contributed by atoms with van der Waals surface area (Å²) in [7, 11) is 0. The van der Waals surface area contributed by atoms with Gasteiger partial charge in [-0.1, -0.05) is 188 Å². The zero-order valence-corrected chi connectivity index (χ0v) is 37.9. The molecule has 0 aliphatic carbocycles. The highest BCUT2D eigenvalue weighted by molar-refractivity contribution is 5.79. The van der Waals surface area contributed by atoms with E-state index in [2.05, 4.69) is 196 Å². The summed E-state index contributed by atoms with van der Waals surface area (Å²) in [4.78, 5) is 0. The third kappa shape index (κ3) is 12.2. The molecular formula is C60H68N2. The van der Waals surface area contributed by atoms with Crippen molar-refractivity contribution in [1.29, 1.82) is 0 Å². The van der Waals surface area contributed by atoms with Crippen LogP contribution in [-0.4, -0.2) is 0 Å². The maximum atomic E-state index is 3.66. The summed E-state index contributed by atoms with van der Waals surface area (Å²) in [5, 5.41) is 7.32. The molecule has 0 saturated heterocycles. The van der Waals surface area contributed by atoms with Gasteiger partial charge in [0.2, 0.25) is 0 Å². The molecule has 7 aromatic rings. The minimum absolute atomic E-state index is 1.09. The van der Waals surface area contributed by atoms with Gasteiger partial charge in [0.25, 0.3) is 0 Å². The number of rotatable bonds is 22. The first-order valence-corrected chi connectivity index (χ1v) is 23.8. The summed E-state index contributed by atoms with van der Waals surface area (Å²) in [6.07, 6.45) is 16.8. The van der Waals surface area contributed by atoms with Crippen LogP contribution in [0.4, 0.5) is 22.7 Å². The van der Waals surface area contributed by atoms with E-state index < -0.39 is 0 Å². The molecule has 0 spiro atoms. The van der Waals surface area contributed by atoms with Gasteiger partial charge in [-0.25, -0.2) is 0 Å². The second kappa shape index (κ2) is 22.8. The van der Waals surface area contributed by atoms with Crippen molar-refractivity contribution >= 4 is 22.7 Å². The topological polar surface area (TPSA) is 24.1 Å². The molecule has 0 aliphatic heterocycles. The molecule has 0 unspecified atom stereocenters. The number of benzene rings is 7. The molecule has 2 nitrogen and oxygen atoms in total. The highest BCUT2D eigenvalue weighted by Crippen LogP contribution is 2.36. The maximum Gasteiger partial charge on any atom is 0.0384 e. The van der Waals surface area contributed by atoms with Crippen LogP contribution in [0.1, 0.15) is 114 Å². The Morgan fingerprint density at radius 3 is 0.855 bits per heavy atom. The molecule has 0 radical (unpaired) electrons. The van der Waals surface area contributed by atoms with E-state index in [-0.39, 0.29) is 0 Å². The van der Waals surface area contributed by atoms with E-state index in [9.17, 15) is 0 Å². The first kappa shape index (κ1) is 44.2. The van der Waals surface area contributed by atoms with Crippen molar-refractivity contribution in [2.75, 3.05) is 10.6 Å². The number of hydrogen-bond acceptors (Lipinski definition) is 2. The number of nitrogens with one attached hydrogen (secondary N) is 2. The summed E-state index contributed by atoms with van der Waals surface area (Å²) >= 11 is 0. The van der Waals surface area contributed by atoms with Crippen LogP contribution < -0.4 is 10.6 Å². The van der Waals surface area contributed by atoms with E-state index in [1.54, 1.807) is 0 Å². The fourth-order valence-electron chi connectivity index (χ4n) is 8.72. The highest BCUT2D eigenvalue weighted by atomic mass is 14.9. The van der Waals surface area contributed by atoms with Crippen molar-refractivity contribution in [2.24, 2.45) is 0 Å². The molecule has 0 bridgehead atoms. The lowest BCUT2D eigenvalue weighted by molar-refractivity contribution is 0.664. The van der Waals surface area contributed by atoms with Gasteiger partial charge in [-0.05, 0) is 154 Å². The molecule has 318 valence electrons. The average Bonchev–Trinajstić information content (AvgIpc) is 3.31. The Morgan fingerprint density at radius 1 is 0.274 bits per heavy atom. The zero-order chi connectivity index (χ0) is 42.9. The Labute approximate surface area is 373 Å². The van der Waals surface area contributed by atoms with Gasteiger partial charge in [0.05, 0.1) is 0 Å². The zero-order valence-electron chi connectivity index (χ0n) is 37.9. The van der Waals surface area contributed by atoms with Crippen molar-refractivity contribution in [3.05, 3.63) is 180 Å². The van der Waals surface area contributed by atoms with Gasteiger partial charge in [-0.2, -0.15) is 0 Å². The predicted octanol–water partition coefficient (Wildman–Crippen LogP) is 18.0. The van der Waals surface area contributed by atoms with E-state index in [1.807, 2.05) is 0 Å². The molecule has 0 atom stereocenters. The first-order valence-electron chi connectivity index (χ1n) is 23.8. The van der Waals surface area contributed by atoms with Crippen molar-refractivity contribution < 1.29 is 0 Å². The fraction of sp³-hybridized carbons (Fsp3) is 0.300. The Balaban J connectivity index is 1.10. The molecule has 0 heterocycles. The minimum atomic E-state index is 1.09. The van der Waals surface area contributed by atoms with Gasteiger partial charge < -0.3 is 10.6 Å². The second-order valence-corrected chi connectivity index (χ2v) is 17.2. The van der Waals surface area contributed by atoms with Gasteiger partial charge in [0, 0.05) is 22.7 Å². The Kier molecular flexibility index (Phi) is 16.3. The van der Waals surface area contributed by atoms with Crippen molar-refractivity contribution in [2.45, 2.75) is 118 Å². The SMILES string of the molecule is CCCCCCc1cc(-c2ccc(Nc3ccc(-c4ccc(CCC)cc4)cc3)cc2)c(CCCCCC)cc1-c1ccc(Nc2ccc(-c3ccc(CCC)cc3)cc2)cc1. The largest absolute Gasteiger partial charge is 0.356 e. The van der Waals surface area contributed by atoms with Crippen LogP contribution in [0.25, 0.3) is 44.5 Å². The summed E-state index contributed by atoms with van der Waals surface area (Å²) in [6.45, 7) is 9.07. The van der Waals surface area contributed by atoms with Crippen LogP contribution in [0.5, 0.6) is 0 Å². The Bertz CT molecular complexity index is 2210. The van der Waals surface area contributed by atoms with Crippen LogP contribution in [-0.2, 0) is 25.7 Å². The Morgan fingerprint density at radius 2 is 0.565 bits per heavy atom. The third-order valence-corrected chi connectivity index (χ3v) is 12.3. The molecule has 0 aromatic heterocycles. The molecule has 7 aromatic carbocycles. The quantitative estimate of drug-likeness (QED) is 0.0666. The van der Waals surface area contributed by atoms with E-state index >= 15 is 0 Å². The van der Waals surface area contributed by atoms with E-state index in [0.29, 0.717) is 0 Å². The molecule has 0 fully saturated rings. The Hall–Kier alpha value is -5.86. The average molecular weight is 817 g/mol. The second-order valence-electron chi connectivity index (χ2n) is 17.2. The molecule has 2 heteroatoms. The number of aryl methyl sites for hydroxylation is 4. The fourth-order valence-corrected chi connectivity index (χ4v) is 8.72. The standard InChI is InChI=1S/C60H68N2/c1-5-9-11-13-17-53-43-60(52-33-41-58(42-34-52)62-56-37-29-50(30-38-56)48-25-21-46(16-8-4)22-26-48)54(18-14-12-10-6-2)44-59(53)51-31-39-57(40-32-51)61-55-35-27-49(28-36-55)47-23-19-45(15-7-3)20-24-47/h19-44,61-62H,5-18H2,1-4H3. The van der Waals surface area contributed by atoms with Gasteiger partial charge in [-0.3, -0.25) is 0 Å². The molecule has 0 saturated carbocycles. The van der Waals surface area contributed by atoms with Crippen LogP contribution >= 0.6 is 0 Å². The summed E-state index contributed by atoms with van der Waals surface area (Å²) in [6, 6.07) is 59.0. The molecule has 0 aliphatic rings. The summed E-state index contributed by atoms with van der Waals surface area (Å²) < 4.78 is 0. The third-order valence-electron chi connectivity index (χ3n) is 12.3. The molecule has 2 N–H and O–H groups in total. The first-order chi connectivity index (χ1) is 30.5. The molecular weight excluding hydrogens is 749 g/mol. The van der Waals surface area contributed by atoms with Gasteiger partial charge in [0.1, 0.15) is 0 Å². The van der Waals surface area contributed by atoms with Crippen LogP contribution in [0.2, 0.25) is 0 Å². The molecule has 62 heavy (non-hydrogen) atoms. The number of unbranched alkanes of at least 4 members (excludes halogenated alkanes) is 6. The number of hydrogen-bond donors (Lipinski definition) is 2. The summed E-state index contributed by atoms with van der Waals surface area (Å²) in [5.74, 6) is 0. The van der Waals surface area contributed by atoms with Crippen LogP contribution in [0, 0.1) is 0 Å². The minimum Gasteiger partial charge on any atom is -0.356 e. The van der Waals surface area contributed by atoms with E-state index in [4.69, 9.17) is 0 Å².